The number of hydrogen-bond acceptors (Lipinski definition) is 9. The Kier molecular flexibility index (Phi) is 7.27. The molecule has 5 rings (SSSR count). The third kappa shape index (κ3) is 5.47. The number of morpholine rings is 1. The van der Waals surface area contributed by atoms with Gasteiger partial charge in [-0.2, -0.15) is 4.98 Å². The van der Waals surface area contributed by atoms with Crippen LogP contribution in [0.4, 0.5) is 23.1 Å². The van der Waals surface area contributed by atoms with Crippen LogP contribution in [0.5, 0.6) is 11.5 Å². The number of amidine groups is 1. The molecule has 1 amide bonds. The van der Waals surface area contributed by atoms with Gasteiger partial charge in [0.15, 0.2) is 5.75 Å². The van der Waals surface area contributed by atoms with Crippen molar-refractivity contribution in [2.45, 2.75) is 12.3 Å². The lowest BCUT2D eigenvalue weighted by Crippen LogP contribution is -2.37. The van der Waals surface area contributed by atoms with E-state index in [0.717, 1.165) is 23.4 Å². The first kappa shape index (κ1) is 25.3. The molecule has 38 heavy (non-hydrogen) atoms. The number of nitrogens with zero attached hydrogens (tertiary/aromatic N) is 4. The Bertz CT molecular complexity index is 1340. The molecule has 5 N–H and O–H groups in total. The van der Waals surface area contributed by atoms with Crippen LogP contribution in [0.3, 0.4) is 0 Å². The van der Waals surface area contributed by atoms with Crippen LogP contribution in [-0.4, -0.2) is 62.2 Å². The number of nitrogens with two attached hydrogens (primary N) is 2. The van der Waals surface area contributed by atoms with Crippen molar-refractivity contribution in [1.29, 1.82) is 0 Å². The molecule has 1 saturated carbocycles. The van der Waals surface area contributed by atoms with Crippen molar-refractivity contribution in [1.82, 2.24) is 9.97 Å². The van der Waals surface area contributed by atoms with Crippen molar-refractivity contribution in [2.75, 3.05) is 56.5 Å². The molecule has 1 aliphatic carbocycles. The summed E-state index contributed by atoms with van der Waals surface area (Å²) in [6.45, 7) is 2.62. The summed E-state index contributed by atoms with van der Waals surface area (Å²) in [5, 5.41) is 2.97. The van der Waals surface area contributed by atoms with Gasteiger partial charge in [0.05, 0.1) is 33.6 Å². The molecule has 11 heteroatoms. The van der Waals surface area contributed by atoms with Gasteiger partial charge >= 0.3 is 0 Å². The fourth-order valence-electron chi connectivity index (χ4n) is 4.47. The highest BCUT2D eigenvalue weighted by atomic mass is 16.5. The van der Waals surface area contributed by atoms with Gasteiger partial charge in [-0.1, -0.05) is 6.07 Å². The summed E-state index contributed by atoms with van der Waals surface area (Å²) in [6.07, 6.45) is 2.34. The standard InChI is InChI=1S/C27H31N7O4/c1-36-18-6-4-17(5-7-18)31-26(35)21-14-20(21)16-3-8-19(22(28)13-16)24(29)32-25-23(37-2)15-30-27(33-25)34-9-11-38-12-10-34/h3-8,13,15,20-21H,9-12,14,28H2,1-2H3,(H,31,35)(H2,29,30,32,33)/t20-,21?/m0/s1. The molecule has 1 unspecified atom stereocenters. The molecule has 2 atom stereocenters. The Hall–Kier alpha value is -4.38. The minimum absolute atomic E-state index is 0.0178. The topological polar surface area (TPSA) is 150 Å². The van der Waals surface area contributed by atoms with Crippen molar-refractivity contribution >= 4 is 34.9 Å². The number of aromatic nitrogens is 2. The van der Waals surface area contributed by atoms with Gasteiger partial charge < -0.3 is 35.9 Å². The van der Waals surface area contributed by atoms with Crippen LogP contribution in [0.15, 0.2) is 53.7 Å². The number of amides is 1. The Labute approximate surface area is 220 Å². The number of nitrogen functional groups attached to an aromatic ring is 1. The molecular formula is C27H31N7O4. The van der Waals surface area contributed by atoms with Crippen molar-refractivity contribution in [3.8, 4) is 11.5 Å². The zero-order valence-electron chi connectivity index (χ0n) is 21.4. The van der Waals surface area contributed by atoms with Crippen LogP contribution in [0, 0.1) is 5.92 Å². The van der Waals surface area contributed by atoms with Gasteiger partial charge in [0.2, 0.25) is 17.7 Å². The fourth-order valence-corrected chi connectivity index (χ4v) is 4.47. The van der Waals surface area contributed by atoms with Crippen LogP contribution >= 0.6 is 0 Å². The number of carbonyl (C=O) groups excluding carboxylic acids is 1. The number of ether oxygens (including phenoxy) is 3. The Balaban J connectivity index is 1.29. The number of hydrogen-bond donors (Lipinski definition) is 3. The maximum Gasteiger partial charge on any atom is 0.228 e. The Morgan fingerprint density at radius 2 is 1.89 bits per heavy atom. The molecule has 1 saturated heterocycles. The first-order chi connectivity index (χ1) is 18.5. The van der Waals surface area contributed by atoms with Crippen molar-refractivity contribution in [3.63, 3.8) is 0 Å². The second-order valence-electron chi connectivity index (χ2n) is 9.17. The summed E-state index contributed by atoms with van der Waals surface area (Å²) in [7, 11) is 3.14. The molecule has 2 aliphatic rings. The highest BCUT2D eigenvalue weighted by Gasteiger charge is 2.44. The smallest absolute Gasteiger partial charge is 0.228 e. The number of methoxy groups -OCH3 is 2. The van der Waals surface area contributed by atoms with Crippen LogP contribution in [0.1, 0.15) is 23.5 Å². The van der Waals surface area contributed by atoms with Gasteiger partial charge in [-0.05, 0) is 54.3 Å². The second-order valence-corrected chi connectivity index (χ2v) is 9.17. The summed E-state index contributed by atoms with van der Waals surface area (Å²) in [5.41, 5.74) is 15.5. The van der Waals surface area contributed by atoms with E-state index in [1.54, 1.807) is 13.3 Å². The quantitative estimate of drug-likeness (QED) is 0.233. The predicted molar refractivity (Wildman–Crippen MR) is 145 cm³/mol. The Morgan fingerprint density at radius 1 is 1.13 bits per heavy atom. The third-order valence-electron chi connectivity index (χ3n) is 6.73. The largest absolute Gasteiger partial charge is 0.497 e. The highest BCUT2D eigenvalue weighted by Crippen LogP contribution is 2.48. The molecule has 0 radical (unpaired) electrons. The van der Waals surface area contributed by atoms with Crippen molar-refractivity contribution in [3.05, 3.63) is 59.8 Å². The van der Waals surface area contributed by atoms with Gasteiger partial charge in [-0.25, -0.2) is 9.98 Å². The zero-order chi connectivity index (χ0) is 26.6. The lowest BCUT2D eigenvalue weighted by Gasteiger charge is -2.26. The predicted octanol–water partition coefficient (Wildman–Crippen LogP) is 2.69. The van der Waals surface area contributed by atoms with E-state index in [2.05, 4.69) is 20.3 Å². The fraction of sp³-hybridized carbons (Fsp3) is 0.333. The summed E-state index contributed by atoms with van der Waals surface area (Å²) in [6, 6.07) is 12.9. The highest BCUT2D eigenvalue weighted by molar-refractivity contribution is 6.03. The van der Waals surface area contributed by atoms with Gasteiger partial charge in [-0.15, -0.1) is 0 Å². The summed E-state index contributed by atoms with van der Waals surface area (Å²) < 4.78 is 16.0. The average Bonchev–Trinajstić information content (AvgIpc) is 3.75. The lowest BCUT2D eigenvalue weighted by molar-refractivity contribution is -0.117. The first-order valence-electron chi connectivity index (χ1n) is 12.4. The van der Waals surface area contributed by atoms with E-state index >= 15 is 0 Å². The summed E-state index contributed by atoms with van der Waals surface area (Å²) in [5.74, 6) is 2.18. The number of carbonyl (C=O) groups is 1. The van der Waals surface area contributed by atoms with Crippen molar-refractivity contribution in [2.24, 2.45) is 16.6 Å². The van der Waals surface area contributed by atoms with E-state index in [0.29, 0.717) is 55.1 Å². The Morgan fingerprint density at radius 3 is 2.58 bits per heavy atom. The van der Waals surface area contributed by atoms with Crippen LogP contribution in [0.25, 0.3) is 0 Å². The zero-order valence-corrected chi connectivity index (χ0v) is 21.4. The third-order valence-corrected chi connectivity index (χ3v) is 6.73. The molecule has 0 spiro atoms. The molecule has 2 aromatic carbocycles. The molecule has 0 bridgehead atoms. The van der Waals surface area contributed by atoms with E-state index < -0.39 is 0 Å². The van der Waals surface area contributed by atoms with Gasteiger partial charge in [-0.3, -0.25) is 4.79 Å². The average molecular weight is 518 g/mol. The van der Waals surface area contributed by atoms with E-state index in [4.69, 9.17) is 25.7 Å². The molecular weight excluding hydrogens is 486 g/mol. The van der Waals surface area contributed by atoms with Gasteiger partial charge in [0, 0.05) is 35.9 Å². The summed E-state index contributed by atoms with van der Waals surface area (Å²) in [4.78, 5) is 28.2. The minimum atomic E-state index is -0.114. The number of rotatable bonds is 8. The molecule has 198 valence electrons. The molecule has 2 fully saturated rings. The van der Waals surface area contributed by atoms with Crippen LogP contribution in [0.2, 0.25) is 0 Å². The molecule has 11 nitrogen and oxygen atoms in total. The normalized spacial score (nSPS) is 19.1. The number of benzene rings is 2. The maximum absolute atomic E-state index is 12.7. The van der Waals surface area contributed by atoms with E-state index in [1.165, 1.54) is 7.11 Å². The molecule has 1 aromatic heterocycles. The lowest BCUT2D eigenvalue weighted by atomic mass is 10.0. The molecule has 3 aromatic rings. The second kappa shape index (κ2) is 10.9. The number of aliphatic imine (C=N–C) groups is 1. The number of nitrogens with one attached hydrogen (secondary N) is 1. The monoisotopic (exact) mass is 517 g/mol. The van der Waals surface area contributed by atoms with E-state index in [1.807, 2.05) is 47.4 Å². The summed E-state index contributed by atoms with van der Waals surface area (Å²) >= 11 is 0. The van der Waals surface area contributed by atoms with Gasteiger partial charge in [0.25, 0.3) is 0 Å². The molecule has 1 aliphatic heterocycles. The maximum atomic E-state index is 12.7. The van der Waals surface area contributed by atoms with Gasteiger partial charge in [0.1, 0.15) is 11.6 Å². The van der Waals surface area contributed by atoms with Crippen LogP contribution < -0.4 is 31.2 Å². The minimum Gasteiger partial charge on any atom is -0.497 e. The van der Waals surface area contributed by atoms with Crippen LogP contribution in [-0.2, 0) is 9.53 Å². The molecule has 2 heterocycles. The van der Waals surface area contributed by atoms with E-state index in [9.17, 15) is 4.79 Å². The van der Waals surface area contributed by atoms with Crippen molar-refractivity contribution < 1.29 is 19.0 Å². The number of anilines is 3. The van der Waals surface area contributed by atoms with E-state index in [-0.39, 0.29) is 23.6 Å². The SMILES string of the molecule is COc1ccc(NC(=O)C2C[C@H]2c2ccc(C(N)=Nc3nc(N4CCOCC4)ncc3OC)c(N)c2)cc1. The first-order valence-corrected chi connectivity index (χ1v) is 12.4.